The number of amidine groups is 1. The van der Waals surface area contributed by atoms with Gasteiger partial charge in [-0.25, -0.2) is 18.6 Å². The molecular formula is C21H23F2N5O3S. The van der Waals surface area contributed by atoms with Gasteiger partial charge in [0, 0.05) is 19.0 Å². The van der Waals surface area contributed by atoms with Crippen LogP contribution in [0.2, 0.25) is 0 Å². The number of hydrogen-bond acceptors (Lipinski definition) is 6. The van der Waals surface area contributed by atoms with Gasteiger partial charge in [0.2, 0.25) is 0 Å². The van der Waals surface area contributed by atoms with Crippen LogP contribution in [0.4, 0.5) is 13.6 Å². The lowest BCUT2D eigenvalue weighted by Gasteiger charge is -2.36. The maximum Gasteiger partial charge on any atom is 0.365 e. The van der Waals surface area contributed by atoms with E-state index in [9.17, 15) is 13.6 Å². The van der Waals surface area contributed by atoms with Crippen molar-refractivity contribution in [1.82, 2.24) is 10.1 Å². The average molecular weight is 464 g/mol. The van der Waals surface area contributed by atoms with Gasteiger partial charge >= 0.3 is 6.03 Å². The van der Waals surface area contributed by atoms with Gasteiger partial charge in [-0.15, -0.1) is 0 Å². The molecule has 0 bridgehead atoms. The van der Waals surface area contributed by atoms with Gasteiger partial charge in [0.25, 0.3) is 0 Å². The minimum absolute atomic E-state index is 0.0533. The van der Waals surface area contributed by atoms with Crippen LogP contribution < -0.4 is 5.73 Å². The summed E-state index contributed by atoms with van der Waals surface area (Å²) in [4.78, 5) is 22.4. The predicted molar refractivity (Wildman–Crippen MR) is 118 cm³/mol. The summed E-state index contributed by atoms with van der Waals surface area (Å²) >= 11 is 1.12. The molecule has 11 heteroatoms. The van der Waals surface area contributed by atoms with Crippen molar-refractivity contribution in [2.45, 2.75) is 18.2 Å². The standard InChI is InChI=1S/C21H23F2N5O3S/c1-14(24)26-31-12-11-21(15-7-5-4-6-8-15)28(20(29)27(2)30-3)25-19(32-21)17-13-16(22)9-10-18(17)23/h4-10,13H,11-12H2,1-3H3,(H2,24,26). The molecule has 3 rings (SSSR count). The van der Waals surface area contributed by atoms with Crippen molar-refractivity contribution in [3.8, 4) is 0 Å². The first-order valence-electron chi connectivity index (χ1n) is 9.61. The lowest BCUT2D eigenvalue weighted by molar-refractivity contribution is -0.0812. The summed E-state index contributed by atoms with van der Waals surface area (Å²) in [5.74, 6) is -1.04. The van der Waals surface area contributed by atoms with Crippen LogP contribution in [-0.2, 0) is 14.5 Å². The van der Waals surface area contributed by atoms with Crippen molar-refractivity contribution in [3.05, 3.63) is 71.3 Å². The van der Waals surface area contributed by atoms with E-state index in [2.05, 4.69) is 10.3 Å². The Balaban J connectivity index is 2.10. The molecule has 0 aromatic heterocycles. The number of carbonyl (C=O) groups is 1. The molecule has 0 spiro atoms. The summed E-state index contributed by atoms with van der Waals surface area (Å²) in [7, 11) is 2.77. The molecular weight excluding hydrogens is 440 g/mol. The highest BCUT2D eigenvalue weighted by Crippen LogP contribution is 2.50. The first-order valence-corrected chi connectivity index (χ1v) is 10.4. The number of nitrogens with two attached hydrogens (primary N) is 1. The van der Waals surface area contributed by atoms with Gasteiger partial charge in [-0.2, -0.15) is 10.1 Å². The van der Waals surface area contributed by atoms with E-state index in [1.807, 2.05) is 30.3 Å². The van der Waals surface area contributed by atoms with E-state index in [4.69, 9.17) is 15.4 Å². The topological polar surface area (TPSA) is 92.8 Å². The zero-order valence-corrected chi connectivity index (χ0v) is 18.6. The monoisotopic (exact) mass is 463 g/mol. The quantitative estimate of drug-likeness (QED) is 0.292. The molecule has 0 aliphatic carbocycles. The predicted octanol–water partition coefficient (Wildman–Crippen LogP) is 3.84. The zero-order valence-electron chi connectivity index (χ0n) is 17.8. The van der Waals surface area contributed by atoms with E-state index in [1.54, 1.807) is 6.92 Å². The van der Waals surface area contributed by atoms with Crippen molar-refractivity contribution < 1.29 is 23.3 Å². The number of rotatable bonds is 7. The fraction of sp³-hybridized carbons (Fsp3) is 0.286. The molecule has 8 nitrogen and oxygen atoms in total. The molecule has 170 valence electrons. The van der Waals surface area contributed by atoms with Crippen molar-refractivity contribution in [3.63, 3.8) is 0 Å². The molecule has 2 N–H and O–H groups in total. The van der Waals surface area contributed by atoms with Gasteiger partial charge in [0.1, 0.15) is 34.0 Å². The van der Waals surface area contributed by atoms with E-state index < -0.39 is 22.5 Å². The van der Waals surface area contributed by atoms with E-state index in [0.29, 0.717) is 5.56 Å². The number of carbonyl (C=O) groups excluding carboxylic acids is 1. The van der Waals surface area contributed by atoms with Crippen LogP contribution in [-0.4, -0.2) is 47.7 Å². The number of benzene rings is 2. The number of urea groups is 1. The van der Waals surface area contributed by atoms with Gasteiger partial charge in [-0.05, 0) is 30.7 Å². The molecule has 1 atom stereocenters. The summed E-state index contributed by atoms with van der Waals surface area (Å²) < 4.78 is 28.5. The minimum atomic E-state index is -1.14. The van der Waals surface area contributed by atoms with Gasteiger partial charge < -0.3 is 10.6 Å². The first kappa shape index (κ1) is 23.5. The Bertz CT molecular complexity index is 1030. The van der Waals surface area contributed by atoms with Crippen LogP contribution in [0.15, 0.2) is 58.8 Å². The van der Waals surface area contributed by atoms with E-state index in [-0.39, 0.29) is 29.5 Å². The summed E-state index contributed by atoms with van der Waals surface area (Å²) in [6, 6.07) is 11.6. The molecule has 0 fully saturated rings. The molecule has 2 amide bonds. The highest BCUT2D eigenvalue weighted by molar-refractivity contribution is 8.15. The smallest absolute Gasteiger partial charge is 0.365 e. The Morgan fingerprint density at radius 1 is 1.28 bits per heavy atom. The molecule has 32 heavy (non-hydrogen) atoms. The fourth-order valence-electron chi connectivity index (χ4n) is 3.09. The third-order valence-electron chi connectivity index (χ3n) is 4.65. The molecule has 0 saturated carbocycles. The maximum atomic E-state index is 14.6. The average Bonchev–Trinajstić information content (AvgIpc) is 3.18. The lowest BCUT2D eigenvalue weighted by Crippen LogP contribution is -2.47. The fourth-order valence-corrected chi connectivity index (χ4v) is 4.44. The number of amides is 2. The number of nitrogens with zero attached hydrogens (tertiary/aromatic N) is 4. The third kappa shape index (κ3) is 4.83. The number of hydrazone groups is 1. The van der Waals surface area contributed by atoms with E-state index in [1.165, 1.54) is 19.2 Å². The molecule has 2 aromatic rings. The van der Waals surface area contributed by atoms with Crippen molar-refractivity contribution in [2.75, 3.05) is 20.8 Å². The highest BCUT2D eigenvalue weighted by atomic mass is 32.2. The van der Waals surface area contributed by atoms with Crippen molar-refractivity contribution >= 4 is 28.7 Å². The van der Waals surface area contributed by atoms with Crippen LogP contribution in [0.5, 0.6) is 0 Å². The molecule has 0 saturated heterocycles. The maximum absolute atomic E-state index is 14.6. The number of thioether (sulfide) groups is 1. The van der Waals surface area contributed by atoms with Crippen LogP contribution in [0.3, 0.4) is 0 Å². The first-order chi connectivity index (χ1) is 15.3. The minimum Gasteiger partial charge on any atom is -0.394 e. The largest absolute Gasteiger partial charge is 0.394 e. The van der Waals surface area contributed by atoms with Gasteiger partial charge in [-0.1, -0.05) is 47.2 Å². The normalized spacial score (nSPS) is 18.5. The third-order valence-corrected chi connectivity index (χ3v) is 6.09. The Morgan fingerprint density at radius 2 is 2.00 bits per heavy atom. The molecule has 1 heterocycles. The molecule has 1 unspecified atom stereocenters. The molecule has 0 radical (unpaired) electrons. The zero-order chi connectivity index (χ0) is 23.3. The molecule has 1 aliphatic rings. The summed E-state index contributed by atoms with van der Waals surface area (Å²) in [5, 5.41) is 10.5. The second-order valence-electron chi connectivity index (χ2n) is 6.87. The molecule has 1 aliphatic heterocycles. The number of hydroxylamine groups is 2. The van der Waals surface area contributed by atoms with Gasteiger partial charge in [0.15, 0.2) is 0 Å². The Hall–Kier alpha value is -3.18. The Kier molecular flexibility index (Phi) is 7.31. The van der Waals surface area contributed by atoms with Crippen LogP contribution in [0, 0.1) is 11.6 Å². The number of oxime groups is 1. The SMILES string of the molecule is CON(C)C(=O)N1N=C(c2cc(F)ccc2F)SC1(CCON=C(C)N)c1ccccc1. The Labute approximate surface area is 188 Å². The number of hydrogen-bond donors (Lipinski definition) is 1. The van der Waals surface area contributed by atoms with Gasteiger partial charge in [-0.3, -0.25) is 4.84 Å². The Morgan fingerprint density at radius 3 is 2.66 bits per heavy atom. The van der Waals surface area contributed by atoms with Crippen molar-refractivity contribution in [2.24, 2.45) is 16.0 Å². The summed E-state index contributed by atoms with van der Waals surface area (Å²) in [5.41, 5.74) is 6.18. The van der Waals surface area contributed by atoms with Gasteiger partial charge in [0.05, 0.1) is 7.11 Å². The van der Waals surface area contributed by atoms with E-state index in [0.717, 1.165) is 35.0 Å². The molecule has 2 aromatic carbocycles. The van der Waals surface area contributed by atoms with Crippen LogP contribution in [0.25, 0.3) is 0 Å². The lowest BCUT2D eigenvalue weighted by atomic mass is 10.0. The van der Waals surface area contributed by atoms with Crippen LogP contribution >= 0.6 is 11.8 Å². The summed E-state index contributed by atoms with van der Waals surface area (Å²) in [6.45, 7) is 1.65. The van der Waals surface area contributed by atoms with Crippen molar-refractivity contribution in [1.29, 1.82) is 0 Å². The van der Waals surface area contributed by atoms with E-state index >= 15 is 0 Å². The van der Waals surface area contributed by atoms with Crippen LogP contribution in [0.1, 0.15) is 24.5 Å². The summed E-state index contributed by atoms with van der Waals surface area (Å²) in [6.07, 6.45) is 0.214. The highest BCUT2D eigenvalue weighted by Gasteiger charge is 2.50. The number of halogens is 2. The second kappa shape index (κ2) is 9.96. The second-order valence-corrected chi connectivity index (χ2v) is 8.14.